The summed E-state index contributed by atoms with van der Waals surface area (Å²) >= 11 is 0. The highest BCUT2D eigenvalue weighted by atomic mass is 16.6. The molecule has 2 aromatic rings. The van der Waals surface area contributed by atoms with Crippen molar-refractivity contribution < 1.29 is 14.3 Å². The quantitative estimate of drug-likeness (QED) is 0.823. The van der Waals surface area contributed by atoms with Crippen LogP contribution in [0.4, 0.5) is 5.82 Å². The number of carbonyl (C=O) groups is 1. The summed E-state index contributed by atoms with van der Waals surface area (Å²) in [6, 6.07) is 5.80. The average molecular weight is 343 g/mol. The molecule has 8 nitrogen and oxygen atoms in total. The second-order valence-electron chi connectivity index (χ2n) is 6.66. The summed E-state index contributed by atoms with van der Waals surface area (Å²) in [4.78, 5) is 15.7. The molecular formula is C17H21N5O3. The lowest BCUT2D eigenvalue weighted by molar-refractivity contribution is -0.149. The van der Waals surface area contributed by atoms with Crippen molar-refractivity contribution in [2.75, 3.05) is 12.3 Å². The van der Waals surface area contributed by atoms with Crippen LogP contribution in [0.3, 0.4) is 0 Å². The Balaban J connectivity index is 1.75. The molecule has 8 heteroatoms. The van der Waals surface area contributed by atoms with Crippen molar-refractivity contribution in [1.29, 1.82) is 5.26 Å². The molecule has 2 unspecified atom stereocenters. The Kier molecular flexibility index (Phi) is 4.59. The number of carbonyl (C=O) groups excluding carboxylic acids is 1. The largest absolute Gasteiger partial charge is 0.463 e. The van der Waals surface area contributed by atoms with Crippen LogP contribution in [0, 0.1) is 17.2 Å². The predicted molar refractivity (Wildman–Crippen MR) is 89.2 cm³/mol. The second-order valence-corrected chi connectivity index (χ2v) is 6.66. The van der Waals surface area contributed by atoms with Crippen LogP contribution in [-0.4, -0.2) is 33.3 Å². The number of hydrogen-bond acceptors (Lipinski definition) is 7. The number of esters is 1. The highest BCUT2D eigenvalue weighted by Crippen LogP contribution is 2.39. The first-order valence-electron chi connectivity index (χ1n) is 8.28. The van der Waals surface area contributed by atoms with Gasteiger partial charge in [-0.15, -0.1) is 0 Å². The van der Waals surface area contributed by atoms with E-state index in [2.05, 4.69) is 16.2 Å². The van der Waals surface area contributed by atoms with Gasteiger partial charge in [-0.25, -0.2) is 9.50 Å². The van der Waals surface area contributed by atoms with E-state index in [0.29, 0.717) is 36.3 Å². The van der Waals surface area contributed by atoms with Gasteiger partial charge in [-0.05, 0) is 30.9 Å². The molecule has 0 amide bonds. The van der Waals surface area contributed by atoms with Gasteiger partial charge in [-0.1, -0.05) is 13.8 Å². The maximum absolute atomic E-state index is 11.7. The van der Waals surface area contributed by atoms with E-state index in [1.807, 2.05) is 13.8 Å². The van der Waals surface area contributed by atoms with E-state index in [9.17, 15) is 10.1 Å². The molecule has 1 fully saturated rings. The molecule has 1 aliphatic rings. The fourth-order valence-corrected chi connectivity index (χ4v) is 3.05. The first kappa shape index (κ1) is 17.2. The number of rotatable bonds is 5. The summed E-state index contributed by atoms with van der Waals surface area (Å²) in [5, 5.41) is 13.9. The smallest absolute Gasteiger partial charge is 0.306 e. The van der Waals surface area contributed by atoms with Gasteiger partial charge in [0.2, 0.25) is 0 Å². The first-order valence-corrected chi connectivity index (χ1v) is 8.28. The van der Waals surface area contributed by atoms with E-state index in [4.69, 9.17) is 15.2 Å². The standard InChI is InChI=1S/C17H21N5O3/c1-11(2)7-15(23)24-8-12-5-6-17(9-18,25-12)14-4-3-13-16(19)20-10-21-22(13)14/h3-4,10-12H,5-8H2,1-2H3,(H2,19,20,21). The first-order chi connectivity index (χ1) is 11.9. The van der Waals surface area contributed by atoms with Crippen LogP contribution in [0.15, 0.2) is 18.5 Å². The minimum atomic E-state index is -1.14. The van der Waals surface area contributed by atoms with Crippen molar-refractivity contribution in [3.05, 3.63) is 24.2 Å². The third kappa shape index (κ3) is 3.28. The molecule has 0 aliphatic carbocycles. The number of nitrogen functional groups attached to an aromatic ring is 1. The fraction of sp³-hybridized carbons (Fsp3) is 0.529. The highest BCUT2D eigenvalue weighted by Gasteiger charge is 2.45. The summed E-state index contributed by atoms with van der Waals surface area (Å²) in [6.45, 7) is 4.06. The van der Waals surface area contributed by atoms with Gasteiger partial charge in [-0.3, -0.25) is 4.79 Å². The topological polar surface area (TPSA) is 116 Å². The molecule has 0 saturated carbocycles. The Morgan fingerprint density at radius 3 is 3.12 bits per heavy atom. The predicted octanol–water partition coefficient (Wildman–Crippen LogP) is 1.80. The molecule has 0 bridgehead atoms. The summed E-state index contributed by atoms with van der Waals surface area (Å²) in [5.74, 6) is 0.334. The average Bonchev–Trinajstić information content (AvgIpc) is 3.18. The number of aromatic nitrogens is 3. The van der Waals surface area contributed by atoms with Gasteiger partial charge in [0.25, 0.3) is 0 Å². The fourth-order valence-electron chi connectivity index (χ4n) is 3.05. The number of nitrogens with two attached hydrogens (primary N) is 1. The van der Waals surface area contributed by atoms with Crippen molar-refractivity contribution >= 4 is 17.3 Å². The molecule has 1 aliphatic heterocycles. The number of nitrogens with zero attached hydrogens (tertiary/aromatic N) is 4. The lowest BCUT2D eigenvalue weighted by atomic mass is 9.98. The van der Waals surface area contributed by atoms with Crippen LogP contribution in [-0.2, 0) is 19.9 Å². The Hall–Kier alpha value is -2.66. The van der Waals surface area contributed by atoms with Gasteiger partial charge in [0.15, 0.2) is 11.4 Å². The molecule has 132 valence electrons. The summed E-state index contributed by atoms with van der Waals surface area (Å²) < 4.78 is 12.8. The van der Waals surface area contributed by atoms with Crippen LogP contribution in [0.25, 0.3) is 5.52 Å². The third-order valence-corrected chi connectivity index (χ3v) is 4.27. The maximum Gasteiger partial charge on any atom is 0.306 e. The SMILES string of the molecule is CC(C)CC(=O)OCC1CCC(C#N)(c2ccc3c(N)ncnn23)O1. The van der Waals surface area contributed by atoms with Crippen LogP contribution in [0.1, 0.15) is 38.8 Å². The Morgan fingerprint density at radius 1 is 1.60 bits per heavy atom. The second kappa shape index (κ2) is 6.69. The minimum Gasteiger partial charge on any atom is -0.463 e. The zero-order valence-corrected chi connectivity index (χ0v) is 14.3. The van der Waals surface area contributed by atoms with Crippen molar-refractivity contribution in [3.63, 3.8) is 0 Å². The normalized spacial score (nSPS) is 23.0. The molecule has 0 spiro atoms. The molecule has 2 aromatic heterocycles. The van der Waals surface area contributed by atoms with E-state index in [1.165, 1.54) is 6.33 Å². The summed E-state index contributed by atoms with van der Waals surface area (Å²) in [6.07, 6.45) is 2.51. The molecule has 1 saturated heterocycles. The number of ether oxygens (including phenoxy) is 2. The molecule has 3 rings (SSSR count). The van der Waals surface area contributed by atoms with E-state index in [1.54, 1.807) is 16.6 Å². The van der Waals surface area contributed by atoms with Crippen molar-refractivity contribution in [2.24, 2.45) is 5.92 Å². The molecule has 2 atom stereocenters. The van der Waals surface area contributed by atoms with Crippen molar-refractivity contribution in [3.8, 4) is 6.07 Å². The van der Waals surface area contributed by atoms with Crippen LogP contribution < -0.4 is 5.73 Å². The molecule has 2 N–H and O–H groups in total. The molecule has 3 heterocycles. The van der Waals surface area contributed by atoms with Gasteiger partial charge >= 0.3 is 5.97 Å². The molecule has 0 radical (unpaired) electrons. The molecule has 0 aromatic carbocycles. The van der Waals surface area contributed by atoms with Crippen LogP contribution in [0.5, 0.6) is 0 Å². The monoisotopic (exact) mass is 343 g/mol. The van der Waals surface area contributed by atoms with Gasteiger partial charge in [0.1, 0.15) is 24.5 Å². The van der Waals surface area contributed by atoms with Crippen LogP contribution in [0.2, 0.25) is 0 Å². The van der Waals surface area contributed by atoms with Gasteiger partial charge in [0.05, 0.1) is 11.8 Å². The third-order valence-electron chi connectivity index (χ3n) is 4.27. The number of nitriles is 1. The van der Waals surface area contributed by atoms with Gasteiger partial charge < -0.3 is 15.2 Å². The summed E-state index contributed by atoms with van der Waals surface area (Å²) in [5.41, 5.74) is 5.94. The van der Waals surface area contributed by atoms with E-state index in [-0.39, 0.29) is 24.6 Å². The lowest BCUT2D eigenvalue weighted by Crippen LogP contribution is -2.29. The Bertz CT molecular complexity index is 825. The minimum absolute atomic E-state index is 0.148. The number of hydrogen-bond donors (Lipinski definition) is 1. The van der Waals surface area contributed by atoms with Crippen molar-refractivity contribution in [1.82, 2.24) is 14.6 Å². The van der Waals surface area contributed by atoms with E-state index >= 15 is 0 Å². The Labute approximate surface area is 145 Å². The van der Waals surface area contributed by atoms with Gasteiger partial charge in [-0.2, -0.15) is 10.4 Å². The lowest BCUT2D eigenvalue weighted by Gasteiger charge is -2.21. The molecule has 25 heavy (non-hydrogen) atoms. The summed E-state index contributed by atoms with van der Waals surface area (Å²) in [7, 11) is 0. The number of anilines is 1. The van der Waals surface area contributed by atoms with E-state index < -0.39 is 5.60 Å². The molecular weight excluding hydrogens is 322 g/mol. The van der Waals surface area contributed by atoms with E-state index in [0.717, 1.165) is 0 Å². The zero-order valence-electron chi connectivity index (χ0n) is 14.3. The van der Waals surface area contributed by atoms with Crippen molar-refractivity contribution in [2.45, 2.75) is 44.8 Å². The zero-order chi connectivity index (χ0) is 18.0. The highest BCUT2D eigenvalue weighted by molar-refractivity contribution is 5.69. The Morgan fingerprint density at radius 2 is 2.40 bits per heavy atom. The van der Waals surface area contributed by atoms with Gasteiger partial charge in [0, 0.05) is 6.42 Å². The maximum atomic E-state index is 11.7. The van der Waals surface area contributed by atoms with Crippen LogP contribution >= 0.6 is 0 Å². The number of fused-ring (bicyclic) bond motifs is 1.